The largest absolute Gasteiger partial charge is 0.479 e. The first-order chi connectivity index (χ1) is 4.92. The van der Waals surface area contributed by atoms with E-state index in [9.17, 15) is 9.59 Å². The molecule has 11 heavy (non-hydrogen) atoms. The summed E-state index contributed by atoms with van der Waals surface area (Å²) in [4.78, 5) is 18.9. The molecular formula is C5H7Cl2NO3. The molecule has 1 atom stereocenters. The van der Waals surface area contributed by atoms with Crippen molar-refractivity contribution in [3.63, 3.8) is 0 Å². The minimum atomic E-state index is -1.88. The number of rotatable bonds is 3. The van der Waals surface area contributed by atoms with Gasteiger partial charge in [0, 0.05) is 6.92 Å². The lowest BCUT2D eigenvalue weighted by Gasteiger charge is -2.19. The third-order valence-electron chi connectivity index (χ3n) is 0.897. The first-order valence-corrected chi connectivity index (χ1v) is 3.60. The molecule has 0 saturated heterocycles. The maximum absolute atomic E-state index is 10.4. The van der Waals surface area contributed by atoms with Crippen LogP contribution < -0.4 is 5.32 Å². The molecule has 4 nitrogen and oxygen atoms in total. The van der Waals surface area contributed by atoms with E-state index in [4.69, 9.17) is 28.3 Å². The van der Waals surface area contributed by atoms with Crippen molar-refractivity contribution in [2.24, 2.45) is 0 Å². The molecule has 0 aliphatic carbocycles. The van der Waals surface area contributed by atoms with Gasteiger partial charge in [0.1, 0.15) is 0 Å². The second kappa shape index (κ2) is 3.78. The van der Waals surface area contributed by atoms with Gasteiger partial charge in [-0.15, -0.1) is 11.6 Å². The Morgan fingerprint density at radius 3 is 2.18 bits per heavy atom. The fourth-order valence-electron chi connectivity index (χ4n) is 0.423. The molecule has 2 N–H and O–H groups in total. The second-order valence-corrected chi connectivity index (χ2v) is 2.83. The Labute approximate surface area is 73.5 Å². The van der Waals surface area contributed by atoms with Gasteiger partial charge in [0.05, 0.1) is 5.88 Å². The van der Waals surface area contributed by atoms with Gasteiger partial charge in [-0.1, -0.05) is 11.6 Å². The van der Waals surface area contributed by atoms with Crippen LogP contribution in [0.3, 0.4) is 0 Å². The molecule has 0 aliphatic rings. The molecule has 0 fully saturated rings. The molecule has 0 aromatic rings. The van der Waals surface area contributed by atoms with Crippen LogP contribution in [0.5, 0.6) is 0 Å². The van der Waals surface area contributed by atoms with Crippen molar-refractivity contribution in [3.8, 4) is 0 Å². The molecule has 0 heterocycles. The van der Waals surface area contributed by atoms with Crippen molar-refractivity contribution in [1.29, 1.82) is 0 Å². The number of alkyl halides is 2. The Morgan fingerprint density at radius 1 is 1.64 bits per heavy atom. The smallest absolute Gasteiger partial charge is 0.346 e. The van der Waals surface area contributed by atoms with Crippen LogP contribution in [0.1, 0.15) is 6.92 Å². The molecule has 0 aromatic carbocycles. The Hall–Kier alpha value is -0.480. The Morgan fingerprint density at radius 2 is 2.09 bits per heavy atom. The number of carbonyl (C=O) groups is 2. The van der Waals surface area contributed by atoms with E-state index in [2.05, 4.69) is 0 Å². The predicted molar refractivity (Wildman–Crippen MR) is 40.8 cm³/mol. The molecule has 1 amide bonds. The summed E-state index contributed by atoms with van der Waals surface area (Å²) in [5.41, 5.74) is 0. The number of amides is 1. The number of carbonyl (C=O) groups excluding carboxylic acids is 1. The molecule has 0 spiro atoms. The van der Waals surface area contributed by atoms with Crippen LogP contribution in [0.2, 0.25) is 0 Å². The fourth-order valence-corrected chi connectivity index (χ4v) is 0.737. The minimum absolute atomic E-state index is 0.385. The zero-order chi connectivity index (χ0) is 9.07. The van der Waals surface area contributed by atoms with Gasteiger partial charge in [-0.3, -0.25) is 4.79 Å². The predicted octanol–water partition coefficient (Wildman–Crippen LogP) is 0.381. The van der Waals surface area contributed by atoms with Crippen LogP contribution in [-0.4, -0.2) is 27.9 Å². The number of carboxylic acid groups (broad SMARTS) is 1. The zero-order valence-electron chi connectivity index (χ0n) is 5.73. The number of hydrogen-bond donors (Lipinski definition) is 2. The van der Waals surface area contributed by atoms with Crippen molar-refractivity contribution in [1.82, 2.24) is 5.32 Å². The van der Waals surface area contributed by atoms with E-state index in [-0.39, 0.29) is 5.88 Å². The van der Waals surface area contributed by atoms with Crippen LogP contribution in [0.25, 0.3) is 0 Å². The molecular weight excluding hydrogens is 193 g/mol. The van der Waals surface area contributed by atoms with Gasteiger partial charge in [0.2, 0.25) is 10.9 Å². The third kappa shape index (κ3) is 2.95. The molecule has 0 aliphatic heterocycles. The third-order valence-corrected chi connectivity index (χ3v) is 1.82. The van der Waals surface area contributed by atoms with Gasteiger partial charge in [-0.05, 0) is 0 Å². The van der Waals surface area contributed by atoms with Crippen molar-refractivity contribution < 1.29 is 14.7 Å². The summed E-state index contributed by atoms with van der Waals surface area (Å²) in [5, 5.41) is 10.5. The Balaban J connectivity index is 4.34. The highest BCUT2D eigenvalue weighted by molar-refractivity contribution is 6.39. The van der Waals surface area contributed by atoms with Crippen molar-refractivity contribution in [2.45, 2.75) is 11.9 Å². The highest BCUT2D eigenvalue weighted by Crippen LogP contribution is 2.13. The van der Waals surface area contributed by atoms with Gasteiger partial charge >= 0.3 is 5.97 Å². The Bertz CT molecular complexity index is 185. The average molecular weight is 200 g/mol. The quantitative estimate of drug-likeness (QED) is 0.511. The summed E-state index contributed by atoms with van der Waals surface area (Å²) in [6, 6.07) is 0. The number of hydrogen-bond acceptors (Lipinski definition) is 2. The van der Waals surface area contributed by atoms with Gasteiger partial charge in [0.15, 0.2) is 0 Å². The summed E-state index contributed by atoms with van der Waals surface area (Å²) in [5.74, 6) is -2.30. The van der Waals surface area contributed by atoms with Crippen LogP contribution >= 0.6 is 23.2 Å². The molecule has 0 rings (SSSR count). The molecule has 1 unspecified atom stereocenters. The van der Waals surface area contributed by atoms with E-state index in [0.29, 0.717) is 0 Å². The van der Waals surface area contributed by atoms with Crippen molar-refractivity contribution in [3.05, 3.63) is 0 Å². The van der Waals surface area contributed by atoms with E-state index < -0.39 is 16.9 Å². The van der Waals surface area contributed by atoms with Crippen LogP contribution in [0, 0.1) is 0 Å². The molecule has 64 valence electrons. The lowest BCUT2D eigenvalue weighted by Crippen LogP contribution is -2.50. The SMILES string of the molecule is CC(=O)NC(Cl)(CCl)C(=O)O. The maximum Gasteiger partial charge on any atom is 0.346 e. The van der Waals surface area contributed by atoms with Gasteiger partial charge < -0.3 is 10.4 Å². The highest BCUT2D eigenvalue weighted by atomic mass is 35.5. The van der Waals surface area contributed by atoms with Crippen molar-refractivity contribution >= 4 is 35.1 Å². The first-order valence-electron chi connectivity index (χ1n) is 2.69. The topological polar surface area (TPSA) is 66.4 Å². The average Bonchev–Trinajstić information content (AvgIpc) is 1.86. The first kappa shape index (κ1) is 10.5. The maximum atomic E-state index is 10.4. The van der Waals surface area contributed by atoms with Gasteiger partial charge in [-0.25, -0.2) is 4.79 Å². The second-order valence-electron chi connectivity index (χ2n) is 1.92. The summed E-state index contributed by atoms with van der Waals surface area (Å²) >= 11 is 10.6. The van der Waals surface area contributed by atoms with E-state index >= 15 is 0 Å². The van der Waals surface area contributed by atoms with Crippen LogP contribution in [0.4, 0.5) is 0 Å². The summed E-state index contributed by atoms with van der Waals surface area (Å²) in [6.07, 6.45) is 0. The summed E-state index contributed by atoms with van der Waals surface area (Å²) in [6.45, 7) is 1.16. The number of nitrogens with one attached hydrogen (secondary N) is 1. The number of halogens is 2. The number of carboxylic acids is 1. The molecule has 0 radical (unpaired) electrons. The fraction of sp³-hybridized carbons (Fsp3) is 0.600. The van der Waals surface area contributed by atoms with Crippen molar-refractivity contribution in [2.75, 3.05) is 5.88 Å². The zero-order valence-corrected chi connectivity index (χ0v) is 7.24. The van der Waals surface area contributed by atoms with Crippen LogP contribution in [0.15, 0.2) is 0 Å². The van der Waals surface area contributed by atoms with E-state index in [1.807, 2.05) is 5.32 Å². The van der Waals surface area contributed by atoms with E-state index in [1.54, 1.807) is 0 Å². The number of aliphatic carboxylic acids is 1. The highest BCUT2D eigenvalue weighted by Gasteiger charge is 2.36. The van der Waals surface area contributed by atoms with Gasteiger partial charge in [0.25, 0.3) is 0 Å². The molecule has 0 saturated carbocycles. The lowest BCUT2D eigenvalue weighted by molar-refractivity contribution is -0.142. The summed E-state index contributed by atoms with van der Waals surface area (Å²) < 4.78 is 0. The van der Waals surface area contributed by atoms with E-state index in [0.717, 1.165) is 6.92 Å². The summed E-state index contributed by atoms with van der Waals surface area (Å²) in [7, 11) is 0. The molecule has 0 bridgehead atoms. The standard InChI is InChI=1S/C5H7Cl2NO3/c1-3(9)8-5(7,2-6)4(10)11/h2H2,1H3,(H,8,9)(H,10,11). The van der Waals surface area contributed by atoms with Crippen LogP contribution in [-0.2, 0) is 9.59 Å². The Kier molecular flexibility index (Phi) is 3.62. The van der Waals surface area contributed by atoms with E-state index in [1.165, 1.54) is 0 Å². The molecule has 6 heteroatoms. The lowest BCUT2D eigenvalue weighted by atomic mass is 10.3. The monoisotopic (exact) mass is 199 g/mol. The van der Waals surface area contributed by atoms with Gasteiger partial charge in [-0.2, -0.15) is 0 Å². The minimum Gasteiger partial charge on any atom is -0.479 e. The normalized spacial score (nSPS) is 15.2. The molecule has 0 aromatic heterocycles.